The number of hydrogen-bond donors (Lipinski definition) is 2. The van der Waals surface area contributed by atoms with Gasteiger partial charge in [0.1, 0.15) is 23.7 Å². The largest absolute Gasteiger partial charge is 0.385 e. The summed E-state index contributed by atoms with van der Waals surface area (Å²) < 4.78 is 4.05. The molecule has 0 aliphatic carbocycles. The molecule has 1 atom stereocenters. The summed E-state index contributed by atoms with van der Waals surface area (Å²) >= 11 is 0. The molecule has 0 amide bonds. The number of aliphatic hydroxyl groups excluding tert-OH is 1. The molecular weight excluding hydrogens is 262 g/mol. The Labute approximate surface area is 124 Å². The lowest BCUT2D eigenvalue weighted by molar-refractivity contribution is -0.666. The van der Waals surface area contributed by atoms with Crippen molar-refractivity contribution in [1.29, 1.82) is 0 Å². The molecule has 0 saturated heterocycles. The molecule has 4 nitrogen and oxygen atoms in total. The van der Waals surface area contributed by atoms with E-state index in [9.17, 15) is 5.11 Å². The molecule has 0 radical (unpaired) electrons. The summed E-state index contributed by atoms with van der Waals surface area (Å²) in [5, 5.41) is 10.5. The van der Waals surface area contributed by atoms with E-state index in [4.69, 9.17) is 5.73 Å². The number of imidazole rings is 1. The minimum Gasteiger partial charge on any atom is -0.385 e. The second-order valence-electron chi connectivity index (χ2n) is 5.13. The van der Waals surface area contributed by atoms with E-state index in [0.717, 1.165) is 23.1 Å². The molecule has 0 spiro atoms. The molecule has 3 rings (SSSR count). The first-order valence-corrected chi connectivity index (χ1v) is 7.22. The van der Waals surface area contributed by atoms with Crippen LogP contribution in [-0.2, 0) is 13.1 Å². The lowest BCUT2D eigenvalue weighted by Gasteiger charge is -2.10. The number of benzene rings is 2. The van der Waals surface area contributed by atoms with Gasteiger partial charge in [0, 0.05) is 0 Å². The summed E-state index contributed by atoms with van der Waals surface area (Å²) in [6.07, 6.45) is -0.574. The van der Waals surface area contributed by atoms with Gasteiger partial charge in [-0.25, -0.2) is 9.13 Å². The second kappa shape index (κ2) is 5.58. The van der Waals surface area contributed by atoms with Gasteiger partial charge in [0.2, 0.25) is 0 Å². The van der Waals surface area contributed by atoms with Crippen LogP contribution in [0.3, 0.4) is 0 Å². The van der Waals surface area contributed by atoms with Crippen molar-refractivity contribution in [3.05, 3.63) is 60.2 Å². The Morgan fingerprint density at radius 1 is 1.10 bits per heavy atom. The molecule has 0 saturated carbocycles. The van der Waals surface area contributed by atoms with Gasteiger partial charge < -0.3 is 5.11 Å². The normalized spacial score (nSPS) is 12.7. The predicted molar refractivity (Wildman–Crippen MR) is 83.6 cm³/mol. The Hall–Kier alpha value is -2.33. The Bertz CT molecular complexity index is 749. The van der Waals surface area contributed by atoms with Gasteiger partial charge >= 0.3 is 5.95 Å². The smallest absolute Gasteiger partial charge is 0.356 e. The standard InChI is InChI=1S/C17H19N3O/c1-2-19-14-10-6-7-11-15(14)20(17(19)18)12-16(21)13-8-4-3-5-9-13/h3-11,16,18,21H,2,12H2,1H3/p+1/t16-/m0/s1. The fourth-order valence-electron chi connectivity index (χ4n) is 2.79. The van der Waals surface area contributed by atoms with Crippen LogP contribution in [0.15, 0.2) is 54.6 Å². The highest BCUT2D eigenvalue weighted by molar-refractivity contribution is 5.73. The molecule has 0 aliphatic rings. The third kappa shape index (κ3) is 2.38. The highest BCUT2D eigenvalue weighted by Crippen LogP contribution is 2.19. The van der Waals surface area contributed by atoms with Gasteiger partial charge in [0.25, 0.3) is 0 Å². The van der Waals surface area contributed by atoms with Crippen molar-refractivity contribution in [2.45, 2.75) is 26.1 Å². The summed E-state index contributed by atoms with van der Waals surface area (Å²) in [7, 11) is 0. The lowest BCUT2D eigenvalue weighted by atomic mass is 10.1. The van der Waals surface area contributed by atoms with Crippen molar-refractivity contribution in [2.24, 2.45) is 0 Å². The summed E-state index contributed by atoms with van der Waals surface area (Å²) in [5.74, 6) is 0.675. The van der Waals surface area contributed by atoms with Crippen molar-refractivity contribution in [2.75, 3.05) is 5.73 Å². The highest BCUT2D eigenvalue weighted by Gasteiger charge is 2.22. The van der Waals surface area contributed by atoms with Crippen molar-refractivity contribution in [1.82, 2.24) is 4.57 Å². The summed E-state index contributed by atoms with van der Waals surface area (Å²) in [4.78, 5) is 0. The number of para-hydroxylation sites is 2. The molecule has 3 N–H and O–H groups in total. The topological polar surface area (TPSA) is 55.1 Å². The SMILES string of the molecule is CCn1c(N)[n+](C[C@H](O)c2ccccc2)c2ccccc21. The average molecular weight is 282 g/mol. The molecule has 2 aromatic carbocycles. The van der Waals surface area contributed by atoms with Crippen molar-refractivity contribution < 1.29 is 9.67 Å². The maximum atomic E-state index is 10.5. The maximum absolute atomic E-state index is 10.5. The van der Waals surface area contributed by atoms with Gasteiger partial charge in [0.05, 0.1) is 6.54 Å². The van der Waals surface area contributed by atoms with Crippen LogP contribution in [0, 0.1) is 0 Å². The van der Waals surface area contributed by atoms with Crippen LogP contribution in [0.2, 0.25) is 0 Å². The zero-order chi connectivity index (χ0) is 14.8. The first kappa shape index (κ1) is 13.6. The number of aromatic nitrogens is 2. The van der Waals surface area contributed by atoms with Crippen LogP contribution in [0.25, 0.3) is 11.0 Å². The van der Waals surface area contributed by atoms with Crippen LogP contribution in [-0.4, -0.2) is 9.67 Å². The monoisotopic (exact) mass is 282 g/mol. The number of nitrogens with zero attached hydrogens (tertiary/aromatic N) is 2. The van der Waals surface area contributed by atoms with E-state index in [0.29, 0.717) is 12.5 Å². The molecule has 4 heteroatoms. The van der Waals surface area contributed by atoms with Crippen LogP contribution < -0.4 is 10.3 Å². The van der Waals surface area contributed by atoms with Crippen LogP contribution >= 0.6 is 0 Å². The molecule has 0 aliphatic heterocycles. The maximum Gasteiger partial charge on any atom is 0.356 e. The number of aryl methyl sites for hydroxylation is 1. The van der Waals surface area contributed by atoms with Crippen LogP contribution in [0.5, 0.6) is 0 Å². The molecular formula is C17H20N3O+. The summed E-state index contributed by atoms with van der Waals surface area (Å²) in [6, 6.07) is 17.8. The van der Waals surface area contributed by atoms with Crippen LogP contribution in [0.1, 0.15) is 18.6 Å². The van der Waals surface area contributed by atoms with Gasteiger partial charge in [-0.05, 0) is 24.6 Å². The number of anilines is 1. The average Bonchev–Trinajstić information content (AvgIpc) is 2.80. The molecule has 108 valence electrons. The van der Waals surface area contributed by atoms with Gasteiger partial charge in [-0.15, -0.1) is 0 Å². The highest BCUT2D eigenvalue weighted by atomic mass is 16.3. The Balaban J connectivity index is 2.03. The van der Waals surface area contributed by atoms with Gasteiger partial charge in [-0.3, -0.25) is 5.73 Å². The van der Waals surface area contributed by atoms with Crippen LogP contribution in [0.4, 0.5) is 5.95 Å². The molecule has 0 unspecified atom stereocenters. The lowest BCUT2D eigenvalue weighted by Crippen LogP contribution is -2.39. The number of nitrogen functional groups attached to an aromatic ring is 1. The van der Waals surface area contributed by atoms with E-state index in [-0.39, 0.29) is 0 Å². The van der Waals surface area contributed by atoms with E-state index in [1.54, 1.807) is 0 Å². The molecule has 21 heavy (non-hydrogen) atoms. The van der Waals surface area contributed by atoms with Crippen molar-refractivity contribution in [3.63, 3.8) is 0 Å². The van der Waals surface area contributed by atoms with E-state index < -0.39 is 6.10 Å². The van der Waals surface area contributed by atoms with E-state index in [1.807, 2.05) is 53.1 Å². The van der Waals surface area contributed by atoms with Crippen molar-refractivity contribution in [3.8, 4) is 0 Å². The molecule has 3 aromatic rings. The number of hydrogen-bond acceptors (Lipinski definition) is 2. The molecule has 1 heterocycles. The third-order valence-electron chi connectivity index (χ3n) is 3.87. The minimum atomic E-state index is -0.574. The number of aliphatic hydroxyl groups is 1. The predicted octanol–water partition coefficient (Wildman–Crippen LogP) is 2.26. The fraction of sp³-hybridized carbons (Fsp3) is 0.235. The Morgan fingerprint density at radius 2 is 1.76 bits per heavy atom. The molecule has 1 aromatic heterocycles. The van der Waals surface area contributed by atoms with Gasteiger partial charge in [-0.2, -0.15) is 0 Å². The first-order valence-electron chi connectivity index (χ1n) is 7.22. The number of nitrogens with two attached hydrogens (primary N) is 1. The van der Waals surface area contributed by atoms with Crippen molar-refractivity contribution >= 4 is 17.0 Å². The Kier molecular flexibility index (Phi) is 3.62. The zero-order valence-corrected chi connectivity index (χ0v) is 12.1. The summed E-state index contributed by atoms with van der Waals surface area (Å²) in [6.45, 7) is 3.32. The zero-order valence-electron chi connectivity index (χ0n) is 12.1. The first-order chi connectivity index (χ1) is 10.2. The Morgan fingerprint density at radius 3 is 2.48 bits per heavy atom. The molecule has 0 bridgehead atoms. The summed E-state index contributed by atoms with van der Waals surface area (Å²) in [5.41, 5.74) is 9.31. The fourth-order valence-corrected chi connectivity index (χ4v) is 2.79. The van der Waals surface area contributed by atoms with E-state index in [1.165, 1.54) is 0 Å². The van der Waals surface area contributed by atoms with Gasteiger partial charge in [-0.1, -0.05) is 42.5 Å². The third-order valence-corrected chi connectivity index (χ3v) is 3.87. The van der Waals surface area contributed by atoms with E-state index in [2.05, 4.69) is 17.6 Å². The minimum absolute atomic E-state index is 0.448. The van der Waals surface area contributed by atoms with E-state index >= 15 is 0 Å². The van der Waals surface area contributed by atoms with Gasteiger partial charge in [0.15, 0.2) is 0 Å². The number of rotatable bonds is 4. The quantitative estimate of drug-likeness (QED) is 0.721. The second-order valence-corrected chi connectivity index (χ2v) is 5.13. The number of fused-ring (bicyclic) bond motifs is 1. The molecule has 0 fully saturated rings.